The number of nitrogens with one attached hydrogen (secondary N) is 1. The predicted molar refractivity (Wildman–Crippen MR) is 68.4 cm³/mol. The number of benzene rings is 1. The van der Waals surface area contributed by atoms with E-state index in [1.165, 1.54) is 0 Å². The third-order valence-corrected chi connectivity index (χ3v) is 3.51. The first kappa shape index (κ1) is 14.2. The highest BCUT2D eigenvalue weighted by Gasteiger charge is 2.24. The van der Waals surface area contributed by atoms with Crippen LogP contribution >= 0.6 is 0 Å². The van der Waals surface area contributed by atoms with Crippen LogP contribution in [-0.2, 0) is 4.74 Å². The Bertz CT molecular complexity index is 378. The van der Waals surface area contributed by atoms with Gasteiger partial charge in [-0.1, -0.05) is 12.1 Å². The molecule has 1 unspecified atom stereocenters. The summed E-state index contributed by atoms with van der Waals surface area (Å²) in [6.07, 6.45) is 2.03. The molecular formula is C14H19F2NO2. The summed E-state index contributed by atoms with van der Waals surface area (Å²) in [5.74, 6) is 0.709. The molecule has 0 radical (unpaired) electrons. The average molecular weight is 271 g/mol. The van der Waals surface area contributed by atoms with Gasteiger partial charge in [-0.25, -0.2) is 0 Å². The van der Waals surface area contributed by atoms with Crippen LogP contribution in [0.15, 0.2) is 24.3 Å². The van der Waals surface area contributed by atoms with Crippen LogP contribution in [-0.4, -0.2) is 26.9 Å². The van der Waals surface area contributed by atoms with Gasteiger partial charge in [-0.05, 0) is 43.5 Å². The van der Waals surface area contributed by atoms with E-state index in [0.717, 1.165) is 31.6 Å². The van der Waals surface area contributed by atoms with Crippen molar-refractivity contribution in [3.8, 4) is 5.75 Å². The Hall–Kier alpha value is -1.20. The lowest BCUT2D eigenvalue weighted by Gasteiger charge is -2.30. The Morgan fingerprint density at radius 3 is 2.37 bits per heavy atom. The normalized spacial score (nSPS) is 18.5. The molecule has 106 valence electrons. The first-order chi connectivity index (χ1) is 9.20. The van der Waals surface area contributed by atoms with Crippen LogP contribution in [0.2, 0.25) is 0 Å². The van der Waals surface area contributed by atoms with Crippen LogP contribution in [0.5, 0.6) is 5.75 Å². The summed E-state index contributed by atoms with van der Waals surface area (Å²) < 4.78 is 33.9. The molecule has 1 aliphatic rings. The highest BCUT2D eigenvalue weighted by atomic mass is 19.3. The summed E-state index contributed by atoms with van der Waals surface area (Å²) in [5, 5.41) is 3.30. The van der Waals surface area contributed by atoms with Gasteiger partial charge in [0, 0.05) is 19.3 Å². The average Bonchev–Trinajstić information content (AvgIpc) is 2.42. The lowest BCUT2D eigenvalue weighted by Crippen LogP contribution is -2.29. The van der Waals surface area contributed by atoms with E-state index in [2.05, 4.69) is 10.1 Å². The SMILES string of the molecule is CNC(c1ccc(OC(F)F)cc1)C1CCOCC1. The molecule has 0 aromatic heterocycles. The number of hydrogen-bond acceptors (Lipinski definition) is 3. The van der Waals surface area contributed by atoms with Gasteiger partial charge in [0.25, 0.3) is 0 Å². The van der Waals surface area contributed by atoms with Gasteiger partial charge < -0.3 is 14.8 Å². The Morgan fingerprint density at radius 2 is 1.84 bits per heavy atom. The molecular weight excluding hydrogens is 252 g/mol. The fourth-order valence-electron chi connectivity index (χ4n) is 2.58. The molecule has 0 spiro atoms. The molecule has 3 nitrogen and oxygen atoms in total. The maximum absolute atomic E-state index is 12.1. The van der Waals surface area contributed by atoms with Crippen molar-refractivity contribution >= 4 is 0 Å². The Kier molecular flexibility index (Phi) is 5.10. The Morgan fingerprint density at radius 1 is 1.21 bits per heavy atom. The van der Waals surface area contributed by atoms with Crippen LogP contribution in [0.3, 0.4) is 0 Å². The zero-order chi connectivity index (χ0) is 13.7. The highest BCUT2D eigenvalue weighted by Crippen LogP contribution is 2.30. The smallest absolute Gasteiger partial charge is 0.387 e. The van der Waals surface area contributed by atoms with E-state index >= 15 is 0 Å². The molecule has 0 bridgehead atoms. The minimum atomic E-state index is -2.78. The second kappa shape index (κ2) is 6.82. The van der Waals surface area contributed by atoms with Crippen molar-refractivity contribution in [3.63, 3.8) is 0 Å². The summed E-state index contributed by atoms with van der Waals surface area (Å²) >= 11 is 0. The highest BCUT2D eigenvalue weighted by molar-refractivity contribution is 5.29. The molecule has 1 heterocycles. The maximum Gasteiger partial charge on any atom is 0.387 e. The van der Waals surface area contributed by atoms with Crippen molar-refractivity contribution in [1.29, 1.82) is 0 Å². The first-order valence-corrected chi connectivity index (χ1v) is 6.50. The minimum absolute atomic E-state index is 0.195. The van der Waals surface area contributed by atoms with Crippen LogP contribution in [0, 0.1) is 5.92 Å². The van der Waals surface area contributed by atoms with Gasteiger partial charge in [-0.2, -0.15) is 8.78 Å². The van der Waals surface area contributed by atoms with Gasteiger partial charge in [0.15, 0.2) is 0 Å². The van der Waals surface area contributed by atoms with E-state index < -0.39 is 6.61 Å². The topological polar surface area (TPSA) is 30.5 Å². The summed E-state index contributed by atoms with van der Waals surface area (Å²) in [7, 11) is 1.92. The van der Waals surface area contributed by atoms with Gasteiger partial charge in [-0.3, -0.25) is 0 Å². The largest absolute Gasteiger partial charge is 0.435 e. The van der Waals surface area contributed by atoms with Crippen molar-refractivity contribution in [2.75, 3.05) is 20.3 Å². The molecule has 1 saturated heterocycles. The van der Waals surface area contributed by atoms with E-state index in [1.54, 1.807) is 12.1 Å². The zero-order valence-corrected chi connectivity index (χ0v) is 10.9. The lowest BCUT2D eigenvalue weighted by atomic mass is 9.87. The number of alkyl halides is 2. The van der Waals surface area contributed by atoms with E-state index in [4.69, 9.17) is 4.74 Å². The van der Waals surface area contributed by atoms with E-state index in [9.17, 15) is 8.78 Å². The Balaban J connectivity index is 2.05. The van der Waals surface area contributed by atoms with Gasteiger partial charge >= 0.3 is 6.61 Å². The summed E-state index contributed by atoms with van der Waals surface area (Å²) in [5.41, 5.74) is 1.09. The summed E-state index contributed by atoms with van der Waals surface area (Å²) in [6, 6.07) is 7.09. The molecule has 2 rings (SSSR count). The molecule has 1 aromatic carbocycles. The van der Waals surface area contributed by atoms with Crippen molar-refractivity contribution in [1.82, 2.24) is 5.32 Å². The molecule has 0 amide bonds. The first-order valence-electron chi connectivity index (χ1n) is 6.50. The van der Waals surface area contributed by atoms with E-state index in [-0.39, 0.29) is 11.8 Å². The molecule has 19 heavy (non-hydrogen) atoms. The monoisotopic (exact) mass is 271 g/mol. The molecule has 1 aliphatic heterocycles. The second-order valence-corrected chi connectivity index (χ2v) is 4.66. The zero-order valence-electron chi connectivity index (χ0n) is 10.9. The van der Waals surface area contributed by atoms with Crippen LogP contribution in [0.25, 0.3) is 0 Å². The second-order valence-electron chi connectivity index (χ2n) is 4.66. The van der Waals surface area contributed by atoms with Crippen LogP contribution in [0.4, 0.5) is 8.78 Å². The molecule has 1 aromatic rings. The molecule has 0 aliphatic carbocycles. The van der Waals surface area contributed by atoms with E-state index in [1.807, 2.05) is 19.2 Å². The third-order valence-electron chi connectivity index (χ3n) is 3.51. The van der Waals surface area contributed by atoms with Crippen LogP contribution in [0.1, 0.15) is 24.4 Å². The summed E-state index contributed by atoms with van der Waals surface area (Å²) in [6.45, 7) is -1.20. The lowest BCUT2D eigenvalue weighted by molar-refractivity contribution is -0.0498. The third kappa shape index (κ3) is 3.88. The van der Waals surface area contributed by atoms with Gasteiger partial charge in [0.1, 0.15) is 5.75 Å². The Labute approximate surface area is 111 Å². The van der Waals surface area contributed by atoms with Crippen molar-refractivity contribution < 1.29 is 18.3 Å². The molecule has 1 fully saturated rings. The number of halogens is 2. The molecule has 5 heteroatoms. The minimum Gasteiger partial charge on any atom is -0.435 e. The molecule has 1 atom stereocenters. The molecule has 0 saturated carbocycles. The number of rotatable bonds is 5. The fraction of sp³-hybridized carbons (Fsp3) is 0.571. The quantitative estimate of drug-likeness (QED) is 0.893. The van der Waals surface area contributed by atoms with Gasteiger partial charge in [0.2, 0.25) is 0 Å². The number of ether oxygens (including phenoxy) is 2. The summed E-state index contributed by atoms with van der Waals surface area (Å²) in [4.78, 5) is 0. The van der Waals surface area contributed by atoms with Crippen LogP contribution < -0.4 is 10.1 Å². The van der Waals surface area contributed by atoms with Crippen molar-refractivity contribution in [2.24, 2.45) is 5.92 Å². The van der Waals surface area contributed by atoms with Crippen molar-refractivity contribution in [3.05, 3.63) is 29.8 Å². The fourth-order valence-corrected chi connectivity index (χ4v) is 2.58. The van der Waals surface area contributed by atoms with Gasteiger partial charge in [0.05, 0.1) is 0 Å². The predicted octanol–water partition coefficient (Wildman–Crippen LogP) is 2.98. The maximum atomic E-state index is 12.1. The van der Waals surface area contributed by atoms with Gasteiger partial charge in [-0.15, -0.1) is 0 Å². The standard InChI is InChI=1S/C14H19F2NO2/c1-17-13(11-6-8-18-9-7-11)10-2-4-12(5-3-10)19-14(15)16/h2-5,11,13-14,17H,6-9H2,1H3. The van der Waals surface area contributed by atoms with E-state index in [0.29, 0.717) is 5.92 Å². The van der Waals surface area contributed by atoms with Crippen molar-refractivity contribution in [2.45, 2.75) is 25.5 Å². The number of hydrogen-bond donors (Lipinski definition) is 1. The molecule has 1 N–H and O–H groups in total.